The van der Waals surface area contributed by atoms with Gasteiger partial charge in [-0.3, -0.25) is 0 Å². The van der Waals surface area contributed by atoms with Crippen LogP contribution in [0.15, 0.2) is 23.1 Å². The molecular formula is C11H15NS. The van der Waals surface area contributed by atoms with Crippen molar-refractivity contribution in [3.63, 3.8) is 0 Å². The minimum atomic E-state index is 0.848. The number of hydrogen-bond acceptors (Lipinski definition) is 2. The fraction of sp³-hybridized carbons (Fsp3) is 0.455. The van der Waals surface area contributed by atoms with Crippen molar-refractivity contribution in [3.8, 4) is 0 Å². The monoisotopic (exact) mass is 193 g/mol. The molecule has 2 rings (SSSR count). The summed E-state index contributed by atoms with van der Waals surface area (Å²) in [7, 11) is 0. The molecule has 0 saturated heterocycles. The van der Waals surface area contributed by atoms with E-state index in [-0.39, 0.29) is 0 Å². The van der Waals surface area contributed by atoms with Gasteiger partial charge in [-0.15, -0.1) is 11.8 Å². The Morgan fingerprint density at radius 1 is 1.38 bits per heavy atom. The summed E-state index contributed by atoms with van der Waals surface area (Å²) in [6, 6.07) is 6.19. The molecule has 0 aliphatic heterocycles. The first-order valence-electron chi connectivity index (χ1n) is 4.79. The molecular weight excluding hydrogens is 178 g/mol. The third-order valence-corrected chi connectivity index (χ3v) is 4.17. The Labute approximate surface area is 83.7 Å². The Kier molecular flexibility index (Phi) is 2.49. The molecule has 0 spiro atoms. The van der Waals surface area contributed by atoms with Crippen molar-refractivity contribution < 1.29 is 0 Å². The fourth-order valence-corrected chi connectivity index (χ4v) is 2.81. The minimum Gasteiger partial charge on any atom is -0.398 e. The van der Waals surface area contributed by atoms with Gasteiger partial charge in [0.15, 0.2) is 0 Å². The lowest BCUT2D eigenvalue weighted by molar-refractivity contribution is 0.522. The van der Waals surface area contributed by atoms with Crippen molar-refractivity contribution >= 4 is 17.4 Å². The molecule has 2 heteroatoms. The van der Waals surface area contributed by atoms with Crippen LogP contribution in [0.25, 0.3) is 0 Å². The molecule has 70 valence electrons. The Morgan fingerprint density at radius 2 is 2.15 bits per heavy atom. The van der Waals surface area contributed by atoms with Gasteiger partial charge in [0.1, 0.15) is 0 Å². The first kappa shape index (κ1) is 8.95. The highest BCUT2D eigenvalue weighted by Crippen LogP contribution is 2.38. The molecule has 0 aromatic heterocycles. The van der Waals surface area contributed by atoms with E-state index in [9.17, 15) is 0 Å². The van der Waals surface area contributed by atoms with E-state index in [1.165, 1.54) is 29.7 Å². The van der Waals surface area contributed by atoms with E-state index in [2.05, 4.69) is 13.0 Å². The maximum absolute atomic E-state index is 5.84. The van der Waals surface area contributed by atoms with Crippen LogP contribution in [0.1, 0.15) is 24.8 Å². The van der Waals surface area contributed by atoms with E-state index in [0.29, 0.717) is 0 Å². The molecule has 0 bridgehead atoms. The molecule has 1 aromatic carbocycles. The van der Waals surface area contributed by atoms with Gasteiger partial charge in [0, 0.05) is 15.8 Å². The Morgan fingerprint density at radius 3 is 2.77 bits per heavy atom. The molecule has 1 aliphatic carbocycles. The maximum Gasteiger partial charge on any atom is 0.0354 e. The SMILES string of the molecule is Cc1c(N)cccc1SC1CCC1. The van der Waals surface area contributed by atoms with Crippen LogP contribution in [0.5, 0.6) is 0 Å². The van der Waals surface area contributed by atoms with Gasteiger partial charge in [-0.25, -0.2) is 0 Å². The minimum absolute atomic E-state index is 0.848. The topological polar surface area (TPSA) is 26.0 Å². The maximum atomic E-state index is 5.84. The zero-order valence-corrected chi connectivity index (χ0v) is 8.73. The van der Waals surface area contributed by atoms with Crippen LogP contribution in [-0.2, 0) is 0 Å². The number of hydrogen-bond donors (Lipinski definition) is 1. The zero-order valence-electron chi connectivity index (χ0n) is 7.92. The second kappa shape index (κ2) is 3.62. The summed E-state index contributed by atoms with van der Waals surface area (Å²) in [5, 5.41) is 0.848. The van der Waals surface area contributed by atoms with Crippen molar-refractivity contribution in [1.82, 2.24) is 0 Å². The molecule has 0 heterocycles. The molecule has 1 fully saturated rings. The van der Waals surface area contributed by atoms with Gasteiger partial charge in [-0.2, -0.15) is 0 Å². The van der Waals surface area contributed by atoms with Gasteiger partial charge >= 0.3 is 0 Å². The van der Waals surface area contributed by atoms with Gasteiger partial charge in [-0.1, -0.05) is 12.5 Å². The summed E-state index contributed by atoms with van der Waals surface area (Å²) in [6.45, 7) is 2.11. The number of nitrogens with two attached hydrogens (primary N) is 1. The average Bonchev–Trinajstić information content (AvgIpc) is 2.04. The molecule has 2 N–H and O–H groups in total. The molecule has 0 radical (unpaired) electrons. The number of benzene rings is 1. The van der Waals surface area contributed by atoms with Crippen LogP contribution in [0.3, 0.4) is 0 Å². The summed E-state index contributed by atoms with van der Waals surface area (Å²) in [5.74, 6) is 0. The molecule has 1 aromatic rings. The van der Waals surface area contributed by atoms with Crippen LogP contribution < -0.4 is 5.73 Å². The van der Waals surface area contributed by atoms with Crippen molar-refractivity contribution in [3.05, 3.63) is 23.8 Å². The highest BCUT2D eigenvalue weighted by molar-refractivity contribution is 8.00. The highest BCUT2D eigenvalue weighted by Gasteiger charge is 2.19. The average molecular weight is 193 g/mol. The first-order chi connectivity index (χ1) is 6.27. The Balaban J connectivity index is 2.14. The van der Waals surface area contributed by atoms with E-state index < -0.39 is 0 Å². The number of rotatable bonds is 2. The lowest BCUT2D eigenvalue weighted by Crippen LogP contribution is -2.13. The zero-order chi connectivity index (χ0) is 9.26. The van der Waals surface area contributed by atoms with Gasteiger partial charge in [0.25, 0.3) is 0 Å². The largest absolute Gasteiger partial charge is 0.398 e. The van der Waals surface area contributed by atoms with Crippen LogP contribution in [0.4, 0.5) is 5.69 Å². The molecule has 1 aliphatic rings. The van der Waals surface area contributed by atoms with E-state index in [1.54, 1.807) is 0 Å². The summed E-state index contributed by atoms with van der Waals surface area (Å²) in [5.41, 5.74) is 8.01. The molecule has 1 saturated carbocycles. The van der Waals surface area contributed by atoms with E-state index >= 15 is 0 Å². The number of nitrogen functional groups attached to an aromatic ring is 1. The van der Waals surface area contributed by atoms with Crippen LogP contribution in [0.2, 0.25) is 0 Å². The summed E-state index contributed by atoms with van der Waals surface area (Å²) in [6.07, 6.45) is 4.15. The molecule has 0 unspecified atom stereocenters. The lowest BCUT2D eigenvalue weighted by atomic mass is 10.00. The number of thioether (sulfide) groups is 1. The van der Waals surface area contributed by atoms with Gasteiger partial charge in [-0.05, 0) is 37.5 Å². The smallest absolute Gasteiger partial charge is 0.0354 e. The van der Waals surface area contributed by atoms with Crippen molar-refractivity contribution in [1.29, 1.82) is 0 Å². The summed E-state index contributed by atoms with van der Waals surface area (Å²) in [4.78, 5) is 1.37. The first-order valence-corrected chi connectivity index (χ1v) is 5.67. The molecule has 0 amide bonds. The van der Waals surface area contributed by atoms with Crippen LogP contribution in [-0.4, -0.2) is 5.25 Å². The van der Waals surface area contributed by atoms with Crippen molar-refractivity contribution in [2.75, 3.05) is 5.73 Å². The lowest BCUT2D eigenvalue weighted by Gasteiger charge is -2.25. The normalized spacial score (nSPS) is 17.0. The Bertz CT molecular complexity index is 305. The Hall–Kier alpha value is -0.630. The standard InChI is InChI=1S/C11H15NS/c1-8-10(12)6-3-7-11(8)13-9-4-2-5-9/h3,6-7,9H,2,4-5,12H2,1H3. The second-order valence-corrected chi connectivity index (χ2v) is 4.98. The van der Waals surface area contributed by atoms with E-state index in [4.69, 9.17) is 5.73 Å². The van der Waals surface area contributed by atoms with E-state index in [1.807, 2.05) is 23.9 Å². The number of anilines is 1. The van der Waals surface area contributed by atoms with Crippen molar-refractivity contribution in [2.45, 2.75) is 36.3 Å². The molecule has 1 nitrogen and oxygen atoms in total. The van der Waals surface area contributed by atoms with Crippen LogP contribution >= 0.6 is 11.8 Å². The molecule has 13 heavy (non-hydrogen) atoms. The fourth-order valence-electron chi connectivity index (χ4n) is 1.43. The second-order valence-electron chi connectivity index (χ2n) is 3.64. The third kappa shape index (κ3) is 1.83. The van der Waals surface area contributed by atoms with Gasteiger partial charge < -0.3 is 5.73 Å². The highest BCUT2D eigenvalue weighted by atomic mass is 32.2. The predicted octanol–water partition coefficient (Wildman–Crippen LogP) is 3.22. The molecule has 0 atom stereocenters. The van der Waals surface area contributed by atoms with Gasteiger partial charge in [0.05, 0.1) is 0 Å². The van der Waals surface area contributed by atoms with E-state index in [0.717, 1.165) is 10.9 Å². The quantitative estimate of drug-likeness (QED) is 0.730. The predicted molar refractivity (Wildman–Crippen MR) is 59.1 cm³/mol. The van der Waals surface area contributed by atoms with Crippen LogP contribution in [0, 0.1) is 6.92 Å². The van der Waals surface area contributed by atoms with Crippen molar-refractivity contribution in [2.24, 2.45) is 0 Å². The third-order valence-electron chi connectivity index (χ3n) is 2.67. The summed E-state index contributed by atoms with van der Waals surface area (Å²) >= 11 is 1.99. The van der Waals surface area contributed by atoms with Gasteiger partial charge in [0.2, 0.25) is 0 Å². The summed E-state index contributed by atoms with van der Waals surface area (Å²) < 4.78 is 0.